The van der Waals surface area contributed by atoms with Gasteiger partial charge in [-0.3, -0.25) is 9.59 Å². The first-order valence-electron chi connectivity index (χ1n) is 8.69. The fourth-order valence-electron chi connectivity index (χ4n) is 3.06. The number of nitrogens with zero attached hydrogens (tertiary/aromatic N) is 2. The highest BCUT2D eigenvalue weighted by atomic mass is 16.2. The molecule has 0 aliphatic carbocycles. The second-order valence-corrected chi connectivity index (χ2v) is 7.73. The van der Waals surface area contributed by atoms with Crippen LogP contribution in [-0.4, -0.2) is 58.8 Å². The van der Waals surface area contributed by atoms with Crippen LogP contribution in [-0.2, 0) is 4.79 Å². The molecule has 2 amide bonds. The molecule has 134 valence electrons. The van der Waals surface area contributed by atoms with Crippen molar-refractivity contribution < 1.29 is 9.59 Å². The van der Waals surface area contributed by atoms with Crippen LogP contribution in [0.25, 0.3) is 10.9 Å². The van der Waals surface area contributed by atoms with Crippen LogP contribution in [0.1, 0.15) is 31.3 Å². The van der Waals surface area contributed by atoms with Crippen molar-refractivity contribution in [2.24, 2.45) is 11.1 Å². The molecule has 0 radical (unpaired) electrons. The van der Waals surface area contributed by atoms with Crippen LogP contribution in [0.5, 0.6) is 0 Å². The van der Waals surface area contributed by atoms with Gasteiger partial charge in [-0.05, 0) is 17.5 Å². The molecule has 1 aromatic carbocycles. The lowest BCUT2D eigenvalue weighted by molar-refractivity contribution is -0.136. The summed E-state index contributed by atoms with van der Waals surface area (Å²) in [5, 5.41) is 1.02. The number of amides is 2. The van der Waals surface area contributed by atoms with E-state index in [1.165, 1.54) is 0 Å². The maximum atomic E-state index is 12.7. The molecule has 3 rings (SSSR count). The van der Waals surface area contributed by atoms with Gasteiger partial charge in [0.05, 0.1) is 6.04 Å². The van der Waals surface area contributed by atoms with Gasteiger partial charge in [0.25, 0.3) is 5.91 Å². The number of para-hydroxylation sites is 1. The Morgan fingerprint density at radius 2 is 1.68 bits per heavy atom. The van der Waals surface area contributed by atoms with Crippen molar-refractivity contribution in [2.75, 3.05) is 26.2 Å². The zero-order valence-electron chi connectivity index (χ0n) is 15.1. The fourth-order valence-corrected chi connectivity index (χ4v) is 3.06. The number of H-pyrrole nitrogens is 1. The molecule has 0 spiro atoms. The van der Waals surface area contributed by atoms with Crippen molar-refractivity contribution >= 4 is 22.7 Å². The Labute approximate surface area is 148 Å². The van der Waals surface area contributed by atoms with Crippen molar-refractivity contribution in [2.45, 2.75) is 26.8 Å². The Kier molecular flexibility index (Phi) is 4.56. The summed E-state index contributed by atoms with van der Waals surface area (Å²) in [6.45, 7) is 7.98. The van der Waals surface area contributed by atoms with Crippen LogP contribution in [0.15, 0.2) is 30.3 Å². The summed E-state index contributed by atoms with van der Waals surface area (Å²) in [6, 6.07) is 9.18. The molecule has 1 aromatic heterocycles. The molecular formula is C19H26N4O2. The first-order valence-corrected chi connectivity index (χ1v) is 8.69. The zero-order chi connectivity index (χ0) is 18.2. The summed E-state index contributed by atoms with van der Waals surface area (Å²) < 4.78 is 0. The minimum absolute atomic E-state index is 0.0246. The molecule has 1 aliphatic rings. The molecule has 1 aliphatic heterocycles. The molecule has 0 saturated carbocycles. The van der Waals surface area contributed by atoms with E-state index in [4.69, 9.17) is 5.73 Å². The summed E-state index contributed by atoms with van der Waals surface area (Å²) >= 11 is 0. The lowest BCUT2D eigenvalue weighted by Gasteiger charge is -2.38. The van der Waals surface area contributed by atoms with Crippen molar-refractivity contribution in [3.63, 3.8) is 0 Å². The minimum Gasteiger partial charge on any atom is -0.351 e. The van der Waals surface area contributed by atoms with Gasteiger partial charge in [-0.1, -0.05) is 39.0 Å². The van der Waals surface area contributed by atoms with E-state index in [0.29, 0.717) is 31.9 Å². The Morgan fingerprint density at radius 1 is 1.08 bits per heavy atom. The molecule has 2 heterocycles. The number of nitrogens with two attached hydrogens (primary N) is 1. The number of carbonyl (C=O) groups is 2. The Balaban J connectivity index is 1.64. The predicted molar refractivity (Wildman–Crippen MR) is 98.2 cm³/mol. The zero-order valence-corrected chi connectivity index (χ0v) is 15.1. The Morgan fingerprint density at radius 3 is 2.28 bits per heavy atom. The van der Waals surface area contributed by atoms with Crippen molar-refractivity contribution in [3.8, 4) is 0 Å². The number of carbonyl (C=O) groups excluding carboxylic acids is 2. The molecule has 0 unspecified atom stereocenters. The second kappa shape index (κ2) is 6.52. The van der Waals surface area contributed by atoms with Crippen LogP contribution in [0, 0.1) is 5.41 Å². The highest BCUT2D eigenvalue weighted by molar-refractivity contribution is 5.98. The van der Waals surface area contributed by atoms with E-state index >= 15 is 0 Å². The quantitative estimate of drug-likeness (QED) is 0.873. The first-order chi connectivity index (χ1) is 11.8. The van der Waals surface area contributed by atoms with E-state index in [1.807, 2.05) is 51.1 Å². The number of aromatic amines is 1. The summed E-state index contributed by atoms with van der Waals surface area (Å²) in [6.07, 6.45) is 0. The van der Waals surface area contributed by atoms with E-state index in [-0.39, 0.29) is 17.2 Å². The summed E-state index contributed by atoms with van der Waals surface area (Å²) in [5.41, 5.74) is 7.35. The third-order valence-corrected chi connectivity index (χ3v) is 4.84. The normalized spacial score (nSPS) is 17.0. The van der Waals surface area contributed by atoms with Gasteiger partial charge in [-0.15, -0.1) is 0 Å². The number of fused-ring (bicyclic) bond motifs is 1. The third kappa shape index (κ3) is 3.54. The van der Waals surface area contributed by atoms with Crippen LogP contribution in [0.4, 0.5) is 0 Å². The number of piperazine rings is 1. The van der Waals surface area contributed by atoms with Gasteiger partial charge in [-0.25, -0.2) is 0 Å². The molecule has 1 atom stereocenters. The molecular weight excluding hydrogens is 316 g/mol. The lowest BCUT2D eigenvalue weighted by atomic mass is 9.86. The number of rotatable bonds is 2. The summed E-state index contributed by atoms with van der Waals surface area (Å²) in [7, 11) is 0. The van der Waals surface area contributed by atoms with Crippen molar-refractivity contribution in [1.82, 2.24) is 14.8 Å². The molecule has 6 heteroatoms. The van der Waals surface area contributed by atoms with E-state index in [1.54, 1.807) is 9.80 Å². The number of benzene rings is 1. The fraction of sp³-hybridized carbons (Fsp3) is 0.474. The molecule has 1 saturated heterocycles. The number of aromatic nitrogens is 1. The van der Waals surface area contributed by atoms with Crippen LogP contribution < -0.4 is 5.73 Å². The average molecular weight is 342 g/mol. The Hall–Kier alpha value is -2.34. The lowest BCUT2D eigenvalue weighted by Crippen LogP contribution is -2.57. The molecule has 2 aromatic rings. The second-order valence-electron chi connectivity index (χ2n) is 7.73. The van der Waals surface area contributed by atoms with E-state index in [2.05, 4.69) is 4.98 Å². The SMILES string of the molecule is CC(C)(C)[C@H](N)C(=O)N1CCN(C(=O)c2cc3ccccc3[nH]2)CC1. The monoisotopic (exact) mass is 342 g/mol. The standard InChI is InChI=1S/C19H26N4O2/c1-19(2,3)16(20)18(25)23-10-8-22(9-11-23)17(24)15-12-13-6-4-5-7-14(13)21-15/h4-7,12,16,21H,8-11,20H2,1-3H3/t16-/m1/s1. The van der Waals surface area contributed by atoms with Crippen molar-refractivity contribution in [1.29, 1.82) is 0 Å². The molecule has 1 fully saturated rings. The van der Waals surface area contributed by atoms with E-state index in [9.17, 15) is 9.59 Å². The maximum Gasteiger partial charge on any atom is 0.270 e. The van der Waals surface area contributed by atoms with Gasteiger partial charge in [0.1, 0.15) is 5.69 Å². The number of nitrogens with one attached hydrogen (secondary N) is 1. The largest absolute Gasteiger partial charge is 0.351 e. The topological polar surface area (TPSA) is 82.4 Å². The highest BCUT2D eigenvalue weighted by Gasteiger charge is 2.33. The minimum atomic E-state index is -0.525. The molecule has 0 bridgehead atoms. The van der Waals surface area contributed by atoms with E-state index in [0.717, 1.165) is 10.9 Å². The molecule has 25 heavy (non-hydrogen) atoms. The van der Waals surface area contributed by atoms with Crippen LogP contribution >= 0.6 is 0 Å². The van der Waals surface area contributed by atoms with Gasteiger partial charge >= 0.3 is 0 Å². The molecule has 3 N–H and O–H groups in total. The van der Waals surface area contributed by atoms with Crippen molar-refractivity contribution in [3.05, 3.63) is 36.0 Å². The van der Waals surface area contributed by atoms with Crippen LogP contribution in [0.2, 0.25) is 0 Å². The van der Waals surface area contributed by atoms with Gasteiger partial charge in [-0.2, -0.15) is 0 Å². The Bertz CT molecular complexity index is 749. The van der Waals surface area contributed by atoms with Gasteiger partial charge < -0.3 is 20.5 Å². The van der Waals surface area contributed by atoms with Gasteiger partial charge in [0, 0.05) is 37.1 Å². The summed E-state index contributed by atoms with van der Waals surface area (Å²) in [4.78, 5) is 31.9. The predicted octanol–water partition coefficient (Wildman–Crippen LogP) is 1.83. The summed E-state index contributed by atoms with van der Waals surface area (Å²) in [5.74, 6) is -0.0615. The number of hydrogen-bond acceptors (Lipinski definition) is 3. The third-order valence-electron chi connectivity index (χ3n) is 4.84. The van der Waals surface area contributed by atoms with Gasteiger partial charge in [0.15, 0.2) is 0 Å². The molecule has 6 nitrogen and oxygen atoms in total. The maximum absolute atomic E-state index is 12.7. The highest BCUT2D eigenvalue weighted by Crippen LogP contribution is 2.20. The average Bonchev–Trinajstić information content (AvgIpc) is 3.03. The van der Waals surface area contributed by atoms with Gasteiger partial charge in [0.2, 0.25) is 5.91 Å². The van der Waals surface area contributed by atoms with E-state index < -0.39 is 6.04 Å². The smallest absolute Gasteiger partial charge is 0.270 e. The first kappa shape index (κ1) is 17.5. The number of hydrogen-bond donors (Lipinski definition) is 2. The van der Waals surface area contributed by atoms with Crippen LogP contribution in [0.3, 0.4) is 0 Å².